The summed E-state index contributed by atoms with van der Waals surface area (Å²) in [5.74, 6) is 0.428. The molecule has 0 fully saturated rings. The molecule has 0 aliphatic heterocycles. The summed E-state index contributed by atoms with van der Waals surface area (Å²) in [6, 6.07) is 1.92. The standard InChI is InChI=1S/C10H13N5/c1-2-5-15-9(3-4-13-15)8-6-12-7-10(11)14-8/h3-4,6-7H,2,5H2,1H3,(H2,11,14). The van der Waals surface area contributed by atoms with E-state index in [1.807, 2.05) is 10.7 Å². The fourth-order valence-corrected chi connectivity index (χ4v) is 1.44. The topological polar surface area (TPSA) is 69.6 Å². The Balaban J connectivity index is 2.40. The first-order chi connectivity index (χ1) is 7.31. The zero-order chi connectivity index (χ0) is 10.7. The van der Waals surface area contributed by atoms with Crippen molar-refractivity contribution in [2.75, 3.05) is 5.73 Å². The van der Waals surface area contributed by atoms with Crippen molar-refractivity contribution in [2.45, 2.75) is 19.9 Å². The molecular weight excluding hydrogens is 190 g/mol. The van der Waals surface area contributed by atoms with Gasteiger partial charge in [0.05, 0.1) is 18.1 Å². The average Bonchev–Trinajstić information content (AvgIpc) is 2.66. The normalized spacial score (nSPS) is 10.5. The molecule has 0 saturated heterocycles. The minimum atomic E-state index is 0.428. The van der Waals surface area contributed by atoms with Gasteiger partial charge in [-0.05, 0) is 12.5 Å². The van der Waals surface area contributed by atoms with Crippen LogP contribution in [0.3, 0.4) is 0 Å². The SMILES string of the molecule is CCCn1nccc1-c1cncc(N)n1. The first-order valence-electron chi connectivity index (χ1n) is 4.91. The monoisotopic (exact) mass is 203 g/mol. The molecule has 2 rings (SSSR count). The lowest BCUT2D eigenvalue weighted by Crippen LogP contribution is -2.03. The molecule has 78 valence electrons. The highest BCUT2D eigenvalue weighted by Crippen LogP contribution is 2.16. The van der Waals surface area contributed by atoms with Gasteiger partial charge in [0.1, 0.15) is 11.5 Å². The molecule has 5 heteroatoms. The second kappa shape index (κ2) is 4.08. The molecule has 0 radical (unpaired) electrons. The molecule has 2 heterocycles. The Labute approximate surface area is 88.0 Å². The van der Waals surface area contributed by atoms with E-state index in [0.717, 1.165) is 24.4 Å². The van der Waals surface area contributed by atoms with Crippen LogP contribution in [0.2, 0.25) is 0 Å². The van der Waals surface area contributed by atoms with Gasteiger partial charge in [0, 0.05) is 12.7 Å². The number of nitrogens with zero attached hydrogens (tertiary/aromatic N) is 4. The molecule has 0 saturated carbocycles. The zero-order valence-electron chi connectivity index (χ0n) is 8.59. The van der Waals surface area contributed by atoms with E-state index in [1.54, 1.807) is 12.4 Å². The molecule has 2 N–H and O–H groups in total. The maximum atomic E-state index is 5.59. The fourth-order valence-electron chi connectivity index (χ4n) is 1.44. The summed E-state index contributed by atoms with van der Waals surface area (Å²) in [6.45, 7) is 2.98. The van der Waals surface area contributed by atoms with Gasteiger partial charge in [-0.1, -0.05) is 6.92 Å². The molecule has 0 spiro atoms. The average molecular weight is 203 g/mol. The molecule has 0 aliphatic carbocycles. The highest BCUT2D eigenvalue weighted by Gasteiger charge is 2.06. The largest absolute Gasteiger partial charge is 0.382 e. The van der Waals surface area contributed by atoms with Crippen molar-refractivity contribution in [2.24, 2.45) is 0 Å². The van der Waals surface area contributed by atoms with Crippen LogP contribution in [0, 0.1) is 0 Å². The third kappa shape index (κ3) is 1.96. The zero-order valence-corrected chi connectivity index (χ0v) is 8.59. The Morgan fingerprint density at radius 1 is 1.40 bits per heavy atom. The van der Waals surface area contributed by atoms with Crippen LogP contribution >= 0.6 is 0 Å². The number of aromatic nitrogens is 4. The molecular formula is C10H13N5. The molecule has 5 nitrogen and oxygen atoms in total. The van der Waals surface area contributed by atoms with E-state index < -0.39 is 0 Å². The van der Waals surface area contributed by atoms with Gasteiger partial charge in [0.2, 0.25) is 0 Å². The van der Waals surface area contributed by atoms with Gasteiger partial charge in [-0.15, -0.1) is 0 Å². The summed E-state index contributed by atoms with van der Waals surface area (Å²) >= 11 is 0. The highest BCUT2D eigenvalue weighted by molar-refractivity contribution is 5.54. The molecule has 0 bridgehead atoms. The van der Waals surface area contributed by atoms with E-state index >= 15 is 0 Å². The lowest BCUT2D eigenvalue weighted by atomic mass is 10.3. The van der Waals surface area contributed by atoms with Crippen LogP contribution < -0.4 is 5.73 Å². The molecule has 0 aliphatic rings. The number of anilines is 1. The summed E-state index contributed by atoms with van der Waals surface area (Å²) in [5, 5.41) is 4.22. The third-order valence-electron chi connectivity index (χ3n) is 2.07. The summed E-state index contributed by atoms with van der Waals surface area (Å²) in [4.78, 5) is 8.23. The minimum Gasteiger partial charge on any atom is -0.382 e. The number of hydrogen-bond acceptors (Lipinski definition) is 4. The minimum absolute atomic E-state index is 0.428. The van der Waals surface area contributed by atoms with E-state index in [4.69, 9.17) is 5.73 Å². The van der Waals surface area contributed by atoms with Crippen molar-refractivity contribution in [3.63, 3.8) is 0 Å². The smallest absolute Gasteiger partial charge is 0.142 e. The number of nitrogens with two attached hydrogens (primary N) is 1. The predicted molar refractivity (Wildman–Crippen MR) is 58.0 cm³/mol. The third-order valence-corrected chi connectivity index (χ3v) is 2.07. The second-order valence-corrected chi connectivity index (χ2v) is 3.27. The highest BCUT2D eigenvalue weighted by atomic mass is 15.3. The Morgan fingerprint density at radius 2 is 2.27 bits per heavy atom. The Kier molecular flexibility index (Phi) is 2.62. The molecule has 0 amide bonds. The van der Waals surface area contributed by atoms with Crippen LogP contribution in [0.25, 0.3) is 11.4 Å². The lowest BCUT2D eigenvalue weighted by molar-refractivity contribution is 0.608. The van der Waals surface area contributed by atoms with Crippen LogP contribution in [0.1, 0.15) is 13.3 Å². The van der Waals surface area contributed by atoms with Gasteiger partial charge in [0.25, 0.3) is 0 Å². The molecule has 0 atom stereocenters. The van der Waals surface area contributed by atoms with Gasteiger partial charge in [0.15, 0.2) is 0 Å². The quantitative estimate of drug-likeness (QED) is 0.817. The Morgan fingerprint density at radius 3 is 3.00 bits per heavy atom. The molecule has 0 unspecified atom stereocenters. The molecule has 2 aromatic heterocycles. The van der Waals surface area contributed by atoms with Crippen molar-refractivity contribution in [3.8, 4) is 11.4 Å². The number of rotatable bonds is 3. The van der Waals surface area contributed by atoms with Crippen LogP contribution in [-0.2, 0) is 6.54 Å². The van der Waals surface area contributed by atoms with E-state index in [-0.39, 0.29) is 0 Å². The second-order valence-electron chi connectivity index (χ2n) is 3.27. The fraction of sp³-hybridized carbons (Fsp3) is 0.300. The van der Waals surface area contributed by atoms with Crippen LogP contribution in [0.15, 0.2) is 24.7 Å². The Bertz CT molecular complexity index is 449. The van der Waals surface area contributed by atoms with Crippen molar-refractivity contribution >= 4 is 5.82 Å². The molecule has 2 aromatic rings. The summed E-state index contributed by atoms with van der Waals surface area (Å²) < 4.78 is 1.91. The summed E-state index contributed by atoms with van der Waals surface area (Å²) in [6.07, 6.45) is 6.02. The number of aryl methyl sites for hydroxylation is 1. The van der Waals surface area contributed by atoms with Crippen molar-refractivity contribution in [1.82, 2.24) is 19.7 Å². The van der Waals surface area contributed by atoms with Gasteiger partial charge >= 0.3 is 0 Å². The number of nitrogen functional groups attached to an aromatic ring is 1. The van der Waals surface area contributed by atoms with Gasteiger partial charge < -0.3 is 5.73 Å². The van der Waals surface area contributed by atoms with Gasteiger partial charge in [-0.3, -0.25) is 9.67 Å². The first-order valence-corrected chi connectivity index (χ1v) is 4.91. The van der Waals surface area contributed by atoms with Crippen molar-refractivity contribution < 1.29 is 0 Å². The lowest BCUT2D eigenvalue weighted by Gasteiger charge is -2.05. The van der Waals surface area contributed by atoms with Crippen molar-refractivity contribution in [3.05, 3.63) is 24.7 Å². The van der Waals surface area contributed by atoms with E-state index in [1.165, 1.54) is 6.20 Å². The summed E-state index contributed by atoms with van der Waals surface area (Å²) in [5.41, 5.74) is 7.31. The van der Waals surface area contributed by atoms with E-state index in [2.05, 4.69) is 22.0 Å². The maximum Gasteiger partial charge on any atom is 0.142 e. The maximum absolute atomic E-state index is 5.59. The van der Waals surface area contributed by atoms with Crippen molar-refractivity contribution in [1.29, 1.82) is 0 Å². The molecule has 0 aromatic carbocycles. The van der Waals surface area contributed by atoms with Crippen LogP contribution in [0.4, 0.5) is 5.82 Å². The van der Waals surface area contributed by atoms with Gasteiger partial charge in [-0.2, -0.15) is 5.10 Å². The Hall–Kier alpha value is -1.91. The van der Waals surface area contributed by atoms with E-state index in [9.17, 15) is 0 Å². The summed E-state index contributed by atoms with van der Waals surface area (Å²) in [7, 11) is 0. The van der Waals surface area contributed by atoms with Gasteiger partial charge in [-0.25, -0.2) is 4.98 Å². The number of hydrogen-bond donors (Lipinski definition) is 1. The first kappa shape index (κ1) is 9.64. The van der Waals surface area contributed by atoms with Crippen LogP contribution in [-0.4, -0.2) is 19.7 Å². The predicted octanol–water partition coefficient (Wildman–Crippen LogP) is 1.33. The molecule has 15 heavy (non-hydrogen) atoms. The van der Waals surface area contributed by atoms with E-state index in [0.29, 0.717) is 5.82 Å². The van der Waals surface area contributed by atoms with Crippen LogP contribution in [0.5, 0.6) is 0 Å².